The third-order valence-electron chi connectivity index (χ3n) is 5.26. The van der Waals surface area contributed by atoms with E-state index in [1.807, 2.05) is 19.1 Å². The number of benzene rings is 3. The second-order valence-electron chi connectivity index (χ2n) is 8.01. The number of nitrogens with zero attached hydrogens (tertiary/aromatic N) is 1. The van der Waals surface area contributed by atoms with Gasteiger partial charge < -0.3 is 15.4 Å². The van der Waals surface area contributed by atoms with Crippen molar-refractivity contribution in [1.82, 2.24) is 10.2 Å². The molecule has 0 unspecified atom stereocenters. The van der Waals surface area contributed by atoms with Gasteiger partial charge in [-0.05, 0) is 70.9 Å². The molecule has 0 saturated carbocycles. The Bertz CT molecular complexity index is 1380. The summed E-state index contributed by atoms with van der Waals surface area (Å²) >= 11 is 15.6. The van der Waals surface area contributed by atoms with Gasteiger partial charge >= 0.3 is 6.03 Å². The van der Waals surface area contributed by atoms with Crippen molar-refractivity contribution in [2.75, 3.05) is 11.9 Å². The van der Waals surface area contributed by atoms with Gasteiger partial charge in [-0.1, -0.05) is 53.0 Å². The Morgan fingerprint density at radius 3 is 2.53 bits per heavy atom. The summed E-state index contributed by atoms with van der Waals surface area (Å²) in [5.74, 6) is -0.499. The Balaban J connectivity index is 1.40. The quantitative estimate of drug-likeness (QED) is 0.255. The van der Waals surface area contributed by atoms with Gasteiger partial charge in [-0.3, -0.25) is 9.59 Å². The number of carbonyl (C=O) groups is 3. The smallest absolute Gasteiger partial charge is 0.329 e. The third kappa shape index (κ3) is 6.26. The van der Waals surface area contributed by atoms with Crippen molar-refractivity contribution in [3.63, 3.8) is 0 Å². The lowest BCUT2D eigenvalue weighted by molar-refractivity contribution is -0.127. The molecular weight excluding hydrogens is 569 g/mol. The van der Waals surface area contributed by atoms with E-state index in [2.05, 4.69) is 26.6 Å². The normalized spacial score (nSPS) is 14.2. The number of anilines is 1. The predicted octanol–water partition coefficient (Wildman–Crippen LogP) is 6.17. The zero-order valence-electron chi connectivity index (χ0n) is 19.0. The van der Waals surface area contributed by atoms with E-state index in [-0.39, 0.29) is 12.3 Å². The second-order valence-corrected chi connectivity index (χ2v) is 9.71. The standard InChI is InChI=1S/C26H20BrCl2N3O4/c1-15-2-7-19(8-3-15)30-24(33)13-32-25(34)22(31-26(32)35)11-16-4-9-23(20(27)10-16)36-14-17-5-6-18(28)12-21(17)29/h2-12H,13-14H2,1H3,(H,30,33)(H,31,35). The second kappa shape index (κ2) is 11.2. The Labute approximate surface area is 226 Å². The topological polar surface area (TPSA) is 87.7 Å². The Morgan fingerprint density at radius 2 is 1.83 bits per heavy atom. The number of hydrogen-bond donors (Lipinski definition) is 2. The number of carbonyl (C=O) groups excluding carboxylic acids is 3. The van der Waals surface area contributed by atoms with E-state index in [0.717, 1.165) is 16.0 Å². The molecule has 3 aromatic rings. The molecule has 0 bridgehead atoms. The van der Waals surface area contributed by atoms with Gasteiger partial charge in [-0.15, -0.1) is 0 Å². The molecule has 184 valence electrons. The fourth-order valence-electron chi connectivity index (χ4n) is 3.38. The predicted molar refractivity (Wildman–Crippen MR) is 143 cm³/mol. The number of amides is 4. The molecule has 0 aliphatic carbocycles. The highest BCUT2D eigenvalue weighted by molar-refractivity contribution is 9.10. The van der Waals surface area contributed by atoms with Crippen molar-refractivity contribution in [2.24, 2.45) is 0 Å². The molecule has 1 saturated heterocycles. The molecular formula is C26H20BrCl2N3O4. The Morgan fingerprint density at radius 1 is 1.08 bits per heavy atom. The fraction of sp³-hybridized carbons (Fsp3) is 0.115. The summed E-state index contributed by atoms with van der Waals surface area (Å²) in [5.41, 5.74) is 3.13. The van der Waals surface area contributed by atoms with E-state index in [0.29, 0.717) is 31.5 Å². The highest BCUT2D eigenvalue weighted by atomic mass is 79.9. The van der Waals surface area contributed by atoms with Crippen molar-refractivity contribution >= 4 is 68.7 Å². The first-order chi connectivity index (χ1) is 17.2. The van der Waals surface area contributed by atoms with E-state index in [1.54, 1.807) is 48.5 Å². The van der Waals surface area contributed by atoms with E-state index in [1.165, 1.54) is 6.08 Å². The van der Waals surface area contributed by atoms with Crippen LogP contribution in [0.4, 0.5) is 10.5 Å². The summed E-state index contributed by atoms with van der Waals surface area (Å²) in [6, 6.07) is 16.9. The first-order valence-corrected chi connectivity index (χ1v) is 12.3. The van der Waals surface area contributed by atoms with Gasteiger partial charge in [0.15, 0.2) is 0 Å². The van der Waals surface area contributed by atoms with Crippen LogP contribution in [0.25, 0.3) is 6.08 Å². The van der Waals surface area contributed by atoms with Gasteiger partial charge in [-0.25, -0.2) is 9.69 Å². The molecule has 1 fully saturated rings. The zero-order valence-corrected chi connectivity index (χ0v) is 22.1. The maximum Gasteiger partial charge on any atom is 0.329 e. The number of nitrogens with one attached hydrogen (secondary N) is 2. The average molecular weight is 589 g/mol. The summed E-state index contributed by atoms with van der Waals surface area (Å²) < 4.78 is 6.48. The van der Waals surface area contributed by atoms with Crippen molar-refractivity contribution in [3.8, 4) is 5.75 Å². The van der Waals surface area contributed by atoms with Gasteiger partial charge in [0.05, 0.1) is 4.47 Å². The molecule has 1 heterocycles. The van der Waals surface area contributed by atoms with Crippen molar-refractivity contribution < 1.29 is 19.1 Å². The van der Waals surface area contributed by atoms with Crippen LogP contribution in [0.3, 0.4) is 0 Å². The van der Waals surface area contributed by atoms with Crippen LogP contribution in [0, 0.1) is 6.92 Å². The van der Waals surface area contributed by atoms with E-state index in [4.69, 9.17) is 27.9 Å². The van der Waals surface area contributed by atoms with Gasteiger partial charge in [0.2, 0.25) is 5.91 Å². The molecule has 4 rings (SSSR count). The lowest BCUT2D eigenvalue weighted by Gasteiger charge is -2.12. The molecule has 1 aliphatic rings. The van der Waals surface area contributed by atoms with Crippen LogP contribution in [-0.2, 0) is 16.2 Å². The molecule has 7 nitrogen and oxygen atoms in total. The van der Waals surface area contributed by atoms with E-state index < -0.39 is 24.4 Å². The van der Waals surface area contributed by atoms with Gasteiger partial charge in [0.25, 0.3) is 5.91 Å². The molecule has 36 heavy (non-hydrogen) atoms. The Kier molecular flexibility index (Phi) is 7.98. The molecule has 0 atom stereocenters. The fourth-order valence-corrected chi connectivity index (χ4v) is 4.36. The molecule has 0 radical (unpaired) electrons. The minimum Gasteiger partial charge on any atom is -0.488 e. The summed E-state index contributed by atoms with van der Waals surface area (Å²) in [6.45, 7) is 1.77. The van der Waals surface area contributed by atoms with Crippen molar-refractivity contribution in [2.45, 2.75) is 13.5 Å². The molecule has 10 heteroatoms. The lowest BCUT2D eigenvalue weighted by atomic mass is 10.2. The molecule has 0 aromatic heterocycles. The van der Waals surface area contributed by atoms with Crippen LogP contribution >= 0.6 is 39.1 Å². The first kappa shape index (κ1) is 25.8. The summed E-state index contributed by atoms with van der Waals surface area (Å²) in [4.78, 5) is 38.3. The third-order valence-corrected chi connectivity index (χ3v) is 6.47. The van der Waals surface area contributed by atoms with Gasteiger partial charge in [-0.2, -0.15) is 0 Å². The molecule has 2 N–H and O–H groups in total. The minimum atomic E-state index is -0.663. The highest BCUT2D eigenvalue weighted by Crippen LogP contribution is 2.29. The number of aryl methyl sites for hydroxylation is 1. The van der Waals surface area contributed by atoms with Crippen LogP contribution in [0.2, 0.25) is 10.0 Å². The number of hydrogen-bond acceptors (Lipinski definition) is 4. The summed E-state index contributed by atoms with van der Waals surface area (Å²) in [6.07, 6.45) is 1.53. The van der Waals surface area contributed by atoms with Crippen molar-refractivity contribution in [1.29, 1.82) is 0 Å². The number of urea groups is 1. The molecule has 3 aromatic carbocycles. The van der Waals surface area contributed by atoms with Crippen LogP contribution < -0.4 is 15.4 Å². The molecule has 0 spiro atoms. The van der Waals surface area contributed by atoms with Crippen LogP contribution in [0.5, 0.6) is 5.75 Å². The average Bonchev–Trinajstić information content (AvgIpc) is 3.08. The monoisotopic (exact) mass is 587 g/mol. The van der Waals surface area contributed by atoms with E-state index >= 15 is 0 Å². The number of ether oxygens (including phenoxy) is 1. The number of rotatable bonds is 7. The maximum absolute atomic E-state index is 12.8. The lowest BCUT2D eigenvalue weighted by Crippen LogP contribution is -2.38. The maximum atomic E-state index is 12.8. The summed E-state index contributed by atoms with van der Waals surface area (Å²) in [7, 11) is 0. The zero-order chi connectivity index (χ0) is 25.8. The van der Waals surface area contributed by atoms with Crippen LogP contribution in [0.1, 0.15) is 16.7 Å². The van der Waals surface area contributed by atoms with E-state index in [9.17, 15) is 14.4 Å². The highest BCUT2D eigenvalue weighted by Gasteiger charge is 2.34. The van der Waals surface area contributed by atoms with Crippen molar-refractivity contribution in [3.05, 3.63) is 97.6 Å². The SMILES string of the molecule is Cc1ccc(NC(=O)CN2C(=O)NC(=Cc3ccc(OCc4ccc(Cl)cc4Cl)c(Br)c3)C2=O)cc1. The summed E-state index contributed by atoms with van der Waals surface area (Å²) in [5, 5.41) is 6.24. The number of imide groups is 1. The molecule has 1 aliphatic heterocycles. The largest absolute Gasteiger partial charge is 0.488 e. The number of halogens is 3. The first-order valence-electron chi connectivity index (χ1n) is 10.8. The minimum absolute atomic E-state index is 0.0663. The van der Waals surface area contributed by atoms with Crippen LogP contribution in [0.15, 0.2) is 70.8 Å². The van der Waals surface area contributed by atoms with Gasteiger partial charge in [0, 0.05) is 21.3 Å². The Hall–Kier alpha value is -3.33. The van der Waals surface area contributed by atoms with Gasteiger partial charge in [0.1, 0.15) is 24.6 Å². The molecule has 4 amide bonds. The van der Waals surface area contributed by atoms with Crippen LogP contribution in [-0.4, -0.2) is 29.3 Å².